The number of amides is 1. The number of carbonyl (C=O) groups excluding carboxylic acids is 1. The predicted octanol–water partition coefficient (Wildman–Crippen LogP) is 1.83. The Morgan fingerprint density at radius 3 is 2.79 bits per heavy atom. The first-order valence-electron chi connectivity index (χ1n) is 7.67. The standard InChI is InChI=1S/C15H28N2O2/c1-15(5-7-19-8-6-15)11-17-14(18)10-12-3-2-4-13(16)9-12/h12-13H,2-11,16H2,1H3,(H,17,18). The summed E-state index contributed by atoms with van der Waals surface area (Å²) in [7, 11) is 0. The molecule has 1 amide bonds. The number of carbonyl (C=O) groups is 1. The van der Waals surface area contributed by atoms with Gasteiger partial charge in [0.2, 0.25) is 5.91 Å². The summed E-state index contributed by atoms with van der Waals surface area (Å²) in [6.07, 6.45) is 7.21. The lowest BCUT2D eigenvalue weighted by molar-refractivity contribution is -0.123. The van der Waals surface area contributed by atoms with Crippen molar-refractivity contribution in [1.82, 2.24) is 5.32 Å². The largest absolute Gasteiger partial charge is 0.381 e. The Morgan fingerprint density at radius 2 is 2.11 bits per heavy atom. The third-order valence-electron chi connectivity index (χ3n) is 4.71. The van der Waals surface area contributed by atoms with Crippen LogP contribution < -0.4 is 11.1 Å². The lowest BCUT2D eigenvalue weighted by atomic mass is 9.82. The fourth-order valence-electron chi connectivity index (χ4n) is 3.21. The van der Waals surface area contributed by atoms with Crippen molar-refractivity contribution in [3.63, 3.8) is 0 Å². The Kier molecular flexibility index (Phi) is 5.22. The molecule has 1 saturated heterocycles. The summed E-state index contributed by atoms with van der Waals surface area (Å²) in [5.41, 5.74) is 6.19. The van der Waals surface area contributed by atoms with Gasteiger partial charge in [-0.2, -0.15) is 0 Å². The van der Waals surface area contributed by atoms with Gasteiger partial charge < -0.3 is 15.8 Å². The van der Waals surface area contributed by atoms with Crippen LogP contribution in [0.1, 0.15) is 51.9 Å². The fraction of sp³-hybridized carbons (Fsp3) is 0.933. The van der Waals surface area contributed by atoms with E-state index in [-0.39, 0.29) is 11.3 Å². The highest BCUT2D eigenvalue weighted by molar-refractivity contribution is 5.76. The molecule has 3 N–H and O–H groups in total. The Labute approximate surface area is 116 Å². The lowest BCUT2D eigenvalue weighted by Gasteiger charge is -2.34. The summed E-state index contributed by atoms with van der Waals surface area (Å²) < 4.78 is 5.38. The quantitative estimate of drug-likeness (QED) is 0.817. The van der Waals surface area contributed by atoms with Gasteiger partial charge in [-0.15, -0.1) is 0 Å². The Balaban J connectivity index is 1.69. The molecule has 110 valence electrons. The van der Waals surface area contributed by atoms with Crippen molar-refractivity contribution in [2.24, 2.45) is 17.1 Å². The first kappa shape index (κ1) is 14.8. The molecular formula is C15H28N2O2. The summed E-state index contributed by atoms with van der Waals surface area (Å²) >= 11 is 0. The van der Waals surface area contributed by atoms with Crippen LogP contribution in [0.5, 0.6) is 0 Å². The number of nitrogens with one attached hydrogen (secondary N) is 1. The average Bonchev–Trinajstić information content (AvgIpc) is 2.38. The number of hydrogen-bond acceptors (Lipinski definition) is 3. The molecule has 4 heteroatoms. The zero-order valence-corrected chi connectivity index (χ0v) is 12.1. The van der Waals surface area contributed by atoms with Crippen LogP contribution in [-0.2, 0) is 9.53 Å². The summed E-state index contributed by atoms with van der Waals surface area (Å²) in [4.78, 5) is 12.0. The zero-order valence-electron chi connectivity index (χ0n) is 12.1. The second-order valence-corrected chi connectivity index (χ2v) is 6.70. The van der Waals surface area contributed by atoms with Crippen LogP contribution in [0.15, 0.2) is 0 Å². The van der Waals surface area contributed by atoms with Crippen molar-refractivity contribution < 1.29 is 9.53 Å². The molecule has 1 aliphatic carbocycles. The molecule has 2 aliphatic rings. The molecule has 19 heavy (non-hydrogen) atoms. The number of ether oxygens (including phenoxy) is 1. The van der Waals surface area contributed by atoms with Crippen molar-refractivity contribution in [2.45, 2.75) is 57.9 Å². The van der Waals surface area contributed by atoms with Crippen LogP contribution in [0.4, 0.5) is 0 Å². The molecule has 1 saturated carbocycles. The van der Waals surface area contributed by atoms with E-state index in [4.69, 9.17) is 10.5 Å². The minimum absolute atomic E-state index is 0.201. The van der Waals surface area contributed by atoms with Crippen molar-refractivity contribution in [1.29, 1.82) is 0 Å². The maximum Gasteiger partial charge on any atom is 0.220 e. The third-order valence-corrected chi connectivity index (χ3v) is 4.71. The van der Waals surface area contributed by atoms with E-state index in [0.717, 1.165) is 51.9 Å². The maximum atomic E-state index is 12.0. The normalized spacial score (nSPS) is 30.8. The van der Waals surface area contributed by atoms with Crippen LogP contribution in [-0.4, -0.2) is 31.7 Å². The highest BCUT2D eigenvalue weighted by Crippen LogP contribution is 2.29. The van der Waals surface area contributed by atoms with Gasteiger partial charge in [0.15, 0.2) is 0 Å². The van der Waals surface area contributed by atoms with Crippen LogP contribution in [0.2, 0.25) is 0 Å². The summed E-state index contributed by atoms with van der Waals surface area (Å²) in [6.45, 7) is 4.67. The molecule has 4 nitrogen and oxygen atoms in total. The smallest absolute Gasteiger partial charge is 0.220 e. The van der Waals surface area contributed by atoms with Gasteiger partial charge in [-0.05, 0) is 43.4 Å². The van der Waals surface area contributed by atoms with Gasteiger partial charge in [0, 0.05) is 32.2 Å². The highest BCUT2D eigenvalue weighted by atomic mass is 16.5. The second kappa shape index (κ2) is 6.71. The minimum atomic E-state index is 0.201. The summed E-state index contributed by atoms with van der Waals surface area (Å²) in [6, 6.07) is 0.305. The fourth-order valence-corrected chi connectivity index (χ4v) is 3.21. The Morgan fingerprint density at radius 1 is 1.37 bits per heavy atom. The van der Waals surface area contributed by atoms with Crippen LogP contribution in [0.3, 0.4) is 0 Å². The van der Waals surface area contributed by atoms with Crippen LogP contribution >= 0.6 is 0 Å². The van der Waals surface area contributed by atoms with Crippen molar-refractivity contribution >= 4 is 5.91 Å². The van der Waals surface area contributed by atoms with E-state index >= 15 is 0 Å². The monoisotopic (exact) mass is 268 g/mol. The molecule has 0 aromatic rings. The van der Waals surface area contributed by atoms with E-state index < -0.39 is 0 Å². The van der Waals surface area contributed by atoms with Gasteiger partial charge in [-0.1, -0.05) is 13.3 Å². The Hall–Kier alpha value is -0.610. The molecule has 2 atom stereocenters. The summed E-state index contributed by atoms with van der Waals surface area (Å²) in [5.74, 6) is 0.693. The first-order chi connectivity index (χ1) is 9.07. The lowest BCUT2D eigenvalue weighted by Crippen LogP contribution is -2.40. The van der Waals surface area contributed by atoms with Gasteiger partial charge in [0.25, 0.3) is 0 Å². The molecule has 0 aromatic carbocycles. The first-order valence-corrected chi connectivity index (χ1v) is 7.67. The van der Waals surface area contributed by atoms with E-state index in [1.807, 2.05) is 0 Å². The molecule has 0 spiro atoms. The SMILES string of the molecule is CC1(CNC(=O)CC2CCCC(N)C2)CCOCC1. The van der Waals surface area contributed by atoms with E-state index in [2.05, 4.69) is 12.2 Å². The second-order valence-electron chi connectivity index (χ2n) is 6.70. The van der Waals surface area contributed by atoms with E-state index in [1.54, 1.807) is 0 Å². The van der Waals surface area contributed by atoms with E-state index in [1.165, 1.54) is 6.42 Å². The number of rotatable bonds is 4. The molecule has 1 heterocycles. The molecule has 0 aromatic heterocycles. The van der Waals surface area contributed by atoms with Crippen LogP contribution in [0.25, 0.3) is 0 Å². The topological polar surface area (TPSA) is 64.4 Å². The van der Waals surface area contributed by atoms with Gasteiger partial charge in [0.05, 0.1) is 0 Å². The predicted molar refractivity (Wildman–Crippen MR) is 75.7 cm³/mol. The maximum absolute atomic E-state index is 12.0. The third kappa shape index (κ3) is 4.77. The van der Waals surface area contributed by atoms with Crippen molar-refractivity contribution in [2.75, 3.05) is 19.8 Å². The summed E-state index contributed by atoms with van der Waals surface area (Å²) in [5, 5.41) is 3.12. The van der Waals surface area contributed by atoms with Crippen molar-refractivity contribution in [3.8, 4) is 0 Å². The van der Waals surface area contributed by atoms with E-state index in [0.29, 0.717) is 18.4 Å². The average molecular weight is 268 g/mol. The number of nitrogens with two attached hydrogens (primary N) is 1. The van der Waals surface area contributed by atoms with E-state index in [9.17, 15) is 4.79 Å². The van der Waals surface area contributed by atoms with Gasteiger partial charge in [-0.3, -0.25) is 4.79 Å². The van der Waals surface area contributed by atoms with Gasteiger partial charge >= 0.3 is 0 Å². The van der Waals surface area contributed by atoms with Crippen LogP contribution in [0, 0.1) is 11.3 Å². The molecule has 1 aliphatic heterocycles. The van der Waals surface area contributed by atoms with Gasteiger partial charge in [0.1, 0.15) is 0 Å². The highest BCUT2D eigenvalue weighted by Gasteiger charge is 2.28. The zero-order chi connectivity index (χ0) is 13.7. The Bertz CT molecular complexity index is 301. The van der Waals surface area contributed by atoms with Crippen molar-refractivity contribution in [3.05, 3.63) is 0 Å². The van der Waals surface area contributed by atoms with Gasteiger partial charge in [-0.25, -0.2) is 0 Å². The molecule has 0 bridgehead atoms. The molecule has 0 radical (unpaired) electrons. The number of hydrogen-bond donors (Lipinski definition) is 2. The minimum Gasteiger partial charge on any atom is -0.381 e. The molecule has 2 rings (SSSR count). The molecular weight excluding hydrogens is 240 g/mol. The molecule has 2 fully saturated rings. The molecule has 2 unspecified atom stereocenters.